The molecule has 0 bridgehead atoms. The van der Waals surface area contributed by atoms with Gasteiger partial charge in [-0.15, -0.1) is 0 Å². The minimum atomic E-state index is -3.90. The maximum atomic E-state index is 16.0. The summed E-state index contributed by atoms with van der Waals surface area (Å²) in [6.45, 7) is 2.88. The van der Waals surface area contributed by atoms with Gasteiger partial charge in [0.1, 0.15) is 17.3 Å². The Morgan fingerprint density at radius 3 is 2.37 bits per heavy atom. The van der Waals surface area contributed by atoms with Crippen LogP contribution in [0.4, 0.5) is 24.5 Å². The maximum Gasteiger partial charge on any atom is 0.235 e. The van der Waals surface area contributed by atoms with E-state index >= 15 is 8.78 Å². The van der Waals surface area contributed by atoms with Gasteiger partial charge in [-0.3, -0.25) is 9.71 Å². The van der Waals surface area contributed by atoms with Gasteiger partial charge in [-0.1, -0.05) is 12.8 Å². The molecule has 8 nitrogen and oxygen atoms in total. The van der Waals surface area contributed by atoms with Crippen LogP contribution in [0.3, 0.4) is 0 Å². The van der Waals surface area contributed by atoms with Gasteiger partial charge in [0.05, 0.1) is 22.3 Å². The van der Waals surface area contributed by atoms with E-state index < -0.39 is 38.4 Å². The van der Waals surface area contributed by atoms with E-state index in [0.29, 0.717) is 48.6 Å². The lowest BCUT2D eigenvalue weighted by atomic mass is 10.0. The Bertz CT molecular complexity index is 1670. The van der Waals surface area contributed by atoms with Crippen molar-refractivity contribution in [3.05, 3.63) is 78.5 Å². The van der Waals surface area contributed by atoms with E-state index in [1.165, 1.54) is 16.9 Å². The highest BCUT2D eigenvalue weighted by Gasteiger charge is 2.30. The van der Waals surface area contributed by atoms with Crippen molar-refractivity contribution in [1.82, 2.24) is 20.1 Å². The maximum absolute atomic E-state index is 16.0. The summed E-state index contributed by atoms with van der Waals surface area (Å²) >= 11 is 0. The SMILES string of the molecule is O=S(=O)(Nc1cc(F)cc(-c2cn(-c3ccc(N4CCNCC4)c(F)c3)nc2-c2ccncc2)c1F)C1CCCC1. The summed E-state index contributed by atoms with van der Waals surface area (Å²) < 4.78 is 75.6. The number of aromatic nitrogens is 3. The van der Waals surface area contributed by atoms with Gasteiger partial charge in [0, 0.05) is 73.6 Å². The summed E-state index contributed by atoms with van der Waals surface area (Å²) in [6.07, 6.45) is 7.07. The Morgan fingerprint density at radius 2 is 1.66 bits per heavy atom. The van der Waals surface area contributed by atoms with Crippen molar-refractivity contribution in [3.8, 4) is 28.1 Å². The second kappa shape index (κ2) is 11.2. The van der Waals surface area contributed by atoms with Crippen LogP contribution in [0.1, 0.15) is 25.7 Å². The van der Waals surface area contributed by atoms with Crippen molar-refractivity contribution >= 4 is 21.4 Å². The number of hydrogen-bond donors (Lipinski definition) is 2. The second-order valence-electron chi connectivity index (χ2n) is 10.3. The van der Waals surface area contributed by atoms with E-state index in [0.717, 1.165) is 38.1 Å². The van der Waals surface area contributed by atoms with E-state index in [1.807, 2.05) is 4.90 Å². The summed E-state index contributed by atoms with van der Waals surface area (Å²) in [7, 11) is -3.90. The predicted octanol–water partition coefficient (Wildman–Crippen LogP) is 5.11. The molecule has 0 radical (unpaired) electrons. The lowest BCUT2D eigenvalue weighted by molar-refractivity contribution is 0.565. The lowest BCUT2D eigenvalue weighted by Crippen LogP contribution is -2.43. The largest absolute Gasteiger partial charge is 0.367 e. The normalized spacial score (nSPS) is 16.3. The second-order valence-corrected chi connectivity index (χ2v) is 12.3. The molecule has 2 N–H and O–H groups in total. The monoisotopic (exact) mass is 582 g/mol. The average molecular weight is 583 g/mol. The van der Waals surface area contributed by atoms with Crippen LogP contribution >= 0.6 is 0 Å². The summed E-state index contributed by atoms with van der Waals surface area (Å²) in [5.41, 5.74) is 1.31. The van der Waals surface area contributed by atoms with Gasteiger partial charge >= 0.3 is 0 Å². The topological polar surface area (TPSA) is 92.2 Å². The van der Waals surface area contributed by atoms with Gasteiger partial charge in [-0.2, -0.15) is 5.10 Å². The number of rotatable bonds is 7. The summed E-state index contributed by atoms with van der Waals surface area (Å²) in [5.74, 6) is -2.17. The Labute approximate surface area is 236 Å². The van der Waals surface area contributed by atoms with E-state index in [1.54, 1.807) is 36.7 Å². The molecule has 6 rings (SSSR count). The van der Waals surface area contributed by atoms with Gasteiger partial charge < -0.3 is 10.2 Å². The third-order valence-electron chi connectivity index (χ3n) is 7.64. The smallest absolute Gasteiger partial charge is 0.235 e. The fourth-order valence-electron chi connectivity index (χ4n) is 5.52. The van der Waals surface area contributed by atoms with Crippen LogP contribution < -0.4 is 14.9 Å². The van der Waals surface area contributed by atoms with Gasteiger partial charge in [0.2, 0.25) is 10.0 Å². The number of piperazine rings is 1. The highest BCUT2D eigenvalue weighted by atomic mass is 32.2. The number of benzene rings is 2. The van der Waals surface area contributed by atoms with Crippen LogP contribution in [0, 0.1) is 17.5 Å². The van der Waals surface area contributed by atoms with Crippen molar-refractivity contribution in [2.45, 2.75) is 30.9 Å². The molecule has 0 amide bonds. The number of anilines is 2. The van der Waals surface area contributed by atoms with Crippen molar-refractivity contribution in [3.63, 3.8) is 0 Å². The Morgan fingerprint density at radius 1 is 0.927 bits per heavy atom. The van der Waals surface area contributed by atoms with E-state index in [2.05, 4.69) is 20.1 Å². The first-order valence-electron chi connectivity index (χ1n) is 13.6. The highest BCUT2D eigenvalue weighted by Crippen LogP contribution is 2.37. The summed E-state index contributed by atoms with van der Waals surface area (Å²) in [5, 5.41) is 7.21. The first kappa shape index (κ1) is 27.3. The van der Waals surface area contributed by atoms with E-state index in [4.69, 9.17) is 0 Å². The molecular formula is C29H29F3N6O2S. The summed E-state index contributed by atoms with van der Waals surface area (Å²) in [6, 6.07) is 9.94. The molecule has 0 spiro atoms. The van der Waals surface area contributed by atoms with Crippen LogP contribution in [0.25, 0.3) is 28.1 Å². The first-order chi connectivity index (χ1) is 19.8. The minimum Gasteiger partial charge on any atom is -0.367 e. The molecule has 1 aliphatic carbocycles. The van der Waals surface area contributed by atoms with Crippen molar-refractivity contribution in [2.24, 2.45) is 0 Å². The van der Waals surface area contributed by atoms with Crippen LogP contribution in [0.2, 0.25) is 0 Å². The number of halogens is 3. The van der Waals surface area contributed by atoms with Crippen LogP contribution in [0.15, 0.2) is 61.1 Å². The van der Waals surface area contributed by atoms with Crippen LogP contribution in [-0.4, -0.2) is 54.6 Å². The average Bonchev–Trinajstić information content (AvgIpc) is 3.67. The molecule has 214 valence electrons. The van der Waals surface area contributed by atoms with E-state index in [9.17, 15) is 12.8 Å². The zero-order chi connectivity index (χ0) is 28.6. The first-order valence-corrected chi connectivity index (χ1v) is 15.1. The Hall–Kier alpha value is -3.90. The van der Waals surface area contributed by atoms with Crippen LogP contribution in [0.5, 0.6) is 0 Å². The van der Waals surface area contributed by atoms with E-state index in [-0.39, 0.29) is 11.1 Å². The zero-order valence-electron chi connectivity index (χ0n) is 22.2. The number of hydrogen-bond acceptors (Lipinski definition) is 6. The van der Waals surface area contributed by atoms with Gasteiger partial charge in [-0.25, -0.2) is 26.3 Å². The fourth-order valence-corrected chi connectivity index (χ4v) is 7.10. The Balaban J connectivity index is 1.43. The molecule has 12 heteroatoms. The molecule has 0 atom stereocenters. The van der Waals surface area contributed by atoms with Crippen molar-refractivity contribution in [2.75, 3.05) is 35.8 Å². The minimum absolute atomic E-state index is 0.176. The molecule has 1 saturated heterocycles. The molecule has 1 aliphatic heterocycles. The highest BCUT2D eigenvalue weighted by molar-refractivity contribution is 7.93. The molecule has 2 fully saturated rings. The standard InChI is InChI=1S/C29H29F3N6O2S/c30-20-15-23(28(32)26(16-20)36-41(39,40)22-3-1-2-4-22)24-18-38(35-29(24)19-7-9-33-10-8-19)21-5-6-27(25(31)17-21)37-13-11-34-12-14-37/h5-10,15-18,22,34,36H,1-4,11-14H2. The van der Waals surface area contributed by atoms with Gasteiger partial charge in [-0.05, 0) is 43.2 Å². The number of pyridine rings is 1. The Kier molecular flexibility index (Phi) is 7.43. The molecule has 0 unspecified atom stereocenters. The molecule has 2 aromatic carbocycles. The fraction of sp³-hybridized carbons (Fsp3) is 0.310. The van der Waals surface area contributed by atoms with Crippen LogP contribution in [-0.2, 0) is 10.0 Å². The third-order valence-corrected chi connectivity index (χ3v) is 9.50. The molecule has 2 aliphatic rings. The molecular weight excluding hydrogens is 553 g/mol. The molecule has 4 aromatic rings. The van der Waals surface area contributed by atoms with Crippen molar-refractivity contribution < 1.29 is 21.6 Å². The lowest BCUT2D eigenvalue weighted by Gasteiger charge is -2.29. The number of nitrogens with zero attached hydrogens (tertiary/aromatic N) is 4. The quantitative estimate of drug-likeness (QED) is 0.315. The molecule has 41 heavy (non-hydrogen) atoms. The predicted molar refractivity (Wildman–Crippen MR) is 152 cm³/mol. The molecule has 1 saturated carbocycles. The third kappa shape index (κ3) is 5.53. The molecule has 2 aromatic heterocycles. The number of sulfonamides is 1. The number of nitrogens with one attached hydrogen (secondary N) is 2. The van der Waals surface area contributed by atoms with Gasteiger partial charge in [0.15, 0.2) is 5.82 Å². The summed E-state index contributed by atoms with van der Waals surface area (Å²) in [4.78, 5) is 5.98. The molecule has 3 heterocycles. The zero-order valence-corrected chi connectivity index (χ0v) is 23.0. The van der Waals surface area contributed by atoms with Gasteiger partial charge in [0.25, 0.3) is 0 Å². The van der Waals surface area contributed by atoms with Crippen molar-refractivity contribution in [1.29, 1.82) is 0 Å².